The van der Waals surface area contributed by atoms with Crippen molar-refractivity contribution >= 4 is 23.2 Å². The van der Waals surface area contributed by atoms with Crippen molar-refractivity contribution in [2.24, 2.45) is 7.05 Å². The summed E-state index contributed by atoms with van der Waals surface area (Å²) in [7, 11) is 1.76. The lowest BCUT2D eigenvalue weighted by Gasteiger charge is -2.13. The van der Waals surface area contributed by atoms with Crippen LogP contribution in [-0.4, -0.2) is 21.6 Å². The van der Waals surface area contributed by atoms with E-state index in [0.29, 0.717) is 23.5 Å². The smallest absolute Gasteiger partial charge is 0.273 e. The van der Waals surface area contributed by atoms with Crippen molar-refractivity contribution in [3.05, 3.63) is 41.7 Å². The largest absolute Gasteiger partial charge is 0.326 e. The minimum atomic E-state index is -0.234. The van der Waals surface area contributed by atoms with Gasteiger partial charge in [-0.1, -0.05) is 33.8 Å². The second-order valence-electron chi connectivity index (χ2n) is 7.12. The van der Waals surface area contributed by atoms with E-state index < -0.39 is 0 Å². The van der Waals surface area contributed by atoms with Gasteiger partial charge in [0.2, 0.25) is 5.91 Å². The average molecular weight is 342 g/mol. The van der Waals surface area contributed by atoms with Crippen LogP contribution in [0.2, 0.25) is 0 Å². The van der Waals surface area contributed by atoms with Gasteiger partial charge in [0.25, 0.3) is 5.91 Å². The zero-order valence-corrected chi connectivity index (χ0v) is 15.5. The molecule has 0 atom stereocenters. The fraction of sp³-hybridized carbons (Fsp3) is 0.421. The van der Waals surface area contributed by atoms with Crippen molar-refractivity contribution in [1.82, 2.24) is 9.78 Å². The van der Waals surface area contributed by atoms with Crippen LogP contribution in [0.25, 0.3) is 0 Å². The van der Waals surface area contributed by atoms with Crippen molar-refractivity contribution in [2.45, 2.75) is 46.0 Å². The molecule has 0 radical (unpaired) electrons. The predicted molar refractivity (Wildman–Crippen MR) is 99.8 cm³/mol. The van der Waals surface area contributed by atoms with E-state index in [4.69, 9.17) is 0 Å². The number of hydrogen-bond donors (Lipinski definition) is 2. The number of carbonyl (C=O) groups is 2. The fourth-order valence-corrected chi connectivity index (χ4v) is 2.37. The molecule has 0 spiro atoms. The number of anilines is 2. The lowest BCUT2D eigenvalue weighted by Crippen LogP contribution is -2.16. The first-order valence-electron chi connectivity index (χ1n) is 8.46. The minimum Gasteiger partial charge on any atom is -0.326 e. The molecule has 0 aliphatic carbocycles. The van der Waals surface area contributed by atoms with Gasteiger partial charge in [0.15, 0.2) is 0 Å². The predicted octanol–water partition coefficient (Wildman–Crippen LogP) is 3.71. The lowest BCUT2D eigenvalue weighted by molar-refractivity contribution is -0.116. The molecule has 0 saturated heterocycles. The zero-order chi connectivity index (χ0) is 18.6. The highest BCUT2D eigenvalue weighted by Gasteiger charge is 2.21. The van der Waals surface area contributed by atoms with Crippen molar-refractivity contribution in [3.63, 3.8) is 0 Å². The highest BCUT2D eigenvalue weighted by atomic mass is 16.2. The number of aryl methyl sites for hydroxylation is 1. The third-order valence-corrected chi connectivity index (χ3v) is 3.76. The maximum atomic E-state index is 12.6. The molecule has 2 amide bonds. The van der Waals surface area contributed by atoms with Crippen molar-refractivity contribution in [1.29, 1.82) is 0 Å². The quantitative estimate of drug-likeness (QED) is 0.870. The van der Waals surface area contributed by atoms with E-state index in [0.717, 1.165) is 12.1 Å². The van der Waals surface area contributed by atoms with Crippen LogP contribution < -0.4 is 10.6 Å². The summed E-state index contributed by atoms with van der Waals surface area (Å²) in [5, 5.41) is 10.1. The molecule has 2 N–H and O–H groups in total. The molecule has 1 aromatic heterocycles. The van der Waals surface area contributed by atoms with E-state index in [-0.39, 0.29) is 17.2 Å². The van der Waals surface area contributed by atoms with Crippen molar-refractivity contribution in [2.75, 3.05) is 10.6 Å². The Labute approximate surface area is 148 Å². The summed E-state index contributed by atoms with van der Waals surface area (Å²) in [6.45, 7) is 8.12. The Hall–Kier alpha value is -2.63. The summed E-state index contributed by atoms with van der Waals surface area (Å²) in [5.74, 6) is -0.269. The highest BCUT2D eigenvalue weighted by molar-refractivity contribution is 6.03. The van der Waals surface area contributed by atoms with E-state index in [2.05, 4.69) is 36.5 Å². The van der Waals surface area contributed by atoms with Gasteiger partial charge in [-0.15, -0.1) is 0 Å². The Balaban J connectivity index is 2.13. The number of carbonyl (C=O) groups excluding carboxylic acids is 2. The Kier molecular flexibility index (Phi) is 5.62. The molecule has 1 aromatic carbocycles. The van der Waals surface area contributed by atoms with Crippen LogP contribution in [0.15, 0.2) is 30.3 Å². The molecule has 25 heavy (non-hydrogen) atoms. The molecule has 0 unspecified atom stereocenters. The molecule has 134 valence electrons. The number of aromatic nitrogens is 2. The zero-order valence-electron chi connectivity index (χ0n) is 15.5. The van der Waals surface area contributed by atoms with E-state index in [9.17, 15) is 9.59 Å². The normalized spacial score (nSPS) is 11.2. The SMILES string of the molecule is CCCC(=O)Nc1cccc(NC(=O)c2cc(C(C)(C)C)nn2C)c1. The molecule has 6 heteroatoms. The number of benzene rings is 1. The molecule has 2 rings (SSSR count). The molecule has 2 aromatic rings. The number of amides is 2. The summed E-state index contributed by atoms with van der Waals surface area (Å²) >= 11 is 0. The van der Waals surface area contributed by atoms with Gasteiger partial charge >= 0.3 is 0 Å². The monoisotopic (exact) mass is 342 g/mol. The van der Waals surface area contributed by atoms with Crippen molar-refractivity contribution < 1.29 is 9.59 Å². The second kappa shape index (κ2) is 7.51. The van der Waals surface area contributed by atoms with Crippen LogP contribution in [0.4, 0.5) is 11.4 Å². The van der Waals surface area contributed by atoms with Gasteiger partial charge in [0.1, 0.15) is 5.69 Å². The first kappa shape index (κ1) is 18.7. The first-order valence-corrected chi connectivity index (χ1v) is 8.46. The fourth-order valence-electron chi connectivity index (χ4n) is 2.37. The number of nitrogens with zero attached hydrogens (tertiary/aromatic N) is 2. The third kappa shape index (κ3) is 4.92. The Morgan fingerprint density at radius 3 is 2.32 bits per heavy atom. The van der Waals surface area contributed by atoms with Gasteiger partial charge in [-0.25, -0.2) is 0 Å². The van der Waals surface area contributed by atoms with Crippen LogP contribution in [0.3, 0.4) is 0 Å². The summed E-state index contributed by atoms with van der Waals surface area (Å²) in [6, 6.07) is 8.93. The maximum absolute atomic E-state index is 12.6. The van der Waals surface area contributed by atoms with E-state index >= 15 is 0 Å². The summed E-state index contributed by atoms with van der Waals surface area (Å²) in [6.07, 6.45) is 1.26. The topological polar surface area (TPSA) is 76.0 Å². The number of rotatable bonds is 5. The Morgan fingerprint density at radius 2 is 1.76 bits per heavy atom. The van der Waals surface area contributed by atoms with Gasteiger partial charge in [-0.05, 0) is 30.7 Å². The molecule has 0 saturated carbocycles. The summed E-state index contributed by atoms with van der Waals surface area (Å²) in [4.78, 5) is 24.3. The van der Waals surface area contributed by atoms with Gasteiger partial charge in [0.05, 0.1) is 5.69 Å². The number of nitrogens with one attached hydrogen (secondary N) is 2. The van der Waals surface area contributed by atoms with Crippen molar-refractivity contribution in [3.8, 4) is 0 Å². The number of hydrogen-bond acceptors (Lipinski definition) is 3. The second-order valence-corrected chi connectivity index (χ2v) is 7.12. The van der Waals surface area contributed by atoms with Gasteiger partial charge < -0.3 is 10.6 Å². The van der Waals surface area contributed by atoms with E-state index in [1.54, 1.807) is 36.0 Å². The summed E-state index contributed by atoms with van der Waals surface area (Å²) in [5.41, 5.74) is 2.51. The van der Waals surface area contributed by atoms with Crippen LogP contribution in [-0.2, 0) is 17.3 Å². The van der Waals surface area contributed by atoms with Gasteiger partial charge in [-0.2, -0.15) is 5.10 Å². The van der Waals surface area contributed by atoms with Crippen LogP contribution in [0.1, 0.15) is 56.7 Å². The Morgan fingerprint density at radius 1 is 1.12 bits per heavy atom. The maximum Gasteiger partial charge on any atom is 0.273 e. The minimum absolute atomic E-state index is 0.0348. The van der Waals surface area contributed by atoms with E-state index in [1.807, 2.05) is 13.0 Å². The van der Waals surface area contributed by atoms with Gasteiger partial charge in [-0.3, -0.25) is 14.3 Å². The Bertz CT molecular complexity index is 772. The van der Waals surface area contributed by atoms with Crippen LogP contribution in [0, 0.1) is 0 Å². The molecule has 0 aliphatic rings. The summed E-state index contributed by atoms with van der Waals surface area (Å²) < 4.78 is 1.59. The van der Waals surface area contributed by atoms with Crippen LogP contribution >= 0.6 is 0 Å². The molecule has 0 aliphatic heterocycles. The standard InChI is InChI=1S/C19H26N4O2/c1-6-8-17(24)20-13-9-7-10-14(11-13)21-18(25)15-12-16(19(2,3)4)22-23(15)5/h7,9-12H,6,8H2,1-5H3,(H,20,24)(H,21,25). The molecular weight excluding hydrogens is 316 g/mol. The molecular formula is C19H26N4O2. The van der Waals surface area contributed by atoms with E-state index in [1.165, 1.54) is 0 Å². The van der Waals surface area contributed by atoms with Crippen LogP contribution in [0.5, 0.6) is 0 Å². The molecule has 0 bridgehead atoms. The lowest BCUT2D eigenvalue weighted by atomic mass is 9.92. The third-order valence-electron chi connectivity index (χ3n) is 3.76. The molecule has 0 fully saturated rings. The molecule has 1 heterocycles. The highest BCUT2D eigenvalue weighted by Crippen LogP contribution is 2.22. The average Bonchev–Trinajstić information content (AvgIpc) is 2.90. The first-order chi connectivity index (χ1) is 11.7. The van der Waals surface area contributed by atoms with Gasteiger partial charge in [0, 0.05) is 30.3 Å². The molecule has 6 nitrogen and oxygen atoms in total.